The lowest BCUT2D eigenvalue weighted by molar-refractivity contribution is -0.123. The second kappa shape index (κ2) is 9.51. The Bertz CT molecular complexity index is 1650. The number of aryl methyl sites for hydroxylation is 2. The number of halogens is 3. The summed E-state index contributed by atoms with van der Waals surface area (Å²) in [4.78, 5) is 18.2. The molecule has 5 rings (SSSR count). The summed E-state index contributed by atoms with van der Waals surface area (Å²) < 4.78 is 76.8. The van der Waals surface area contributed by atoms with Crippen LogP contribution in [0.1, 0.15) is 29.7 Å². The molecular formula is C29H27F3N2O4S. The molecule has 1 amide bonds. The van der Waals surface area contributed by atoms with Crippen molar-refractivity contribution in [2.75, 3.05) is 7.11 Å². The average Bonchev–Trinajstić information content (AvgIpc) is 3.64. The third-order valence-corrected chi connectivity index (χ3v) is 9.01. The average molecular weight is 557 g/mol. The molecule has 0 aliphatic heterocycles. The van der Waals surface area contributed by atoms with E-state index in [4.69, 9.17) is 4.74 Å². The first-order valence-electron chi connectivity index (χ1n) is 12.4. The molecule has 1 saturated carbocycles. The number of carbonyl (C=O) groups excluding carboxylic acids is 1. The van der Waals surface area contributed by atoms with Crippen LogP contribution in [0.25, 0.3) is 10.9 Å². The van der Waals surface area contributed by atoms with Gasteiger partial charge in [-0.1, -0.05) is 42.0 Å². The molecule has 3 atom stereocenters. The first-order valence-corrected chi connectivity index (χ1v) is 13.9. The van der Waals surface area contributed by atoms with Crippen LogP contribution in [0.2, 0.25) is 0 Å². The van der Waals surface area contributed by atoms with E-state index in [0.717, 1.165) is 11.6 Å². The molecule has 1 aromatic heterocycles. The van der Waals surface area contributed by atoms with E-state index in [0.29, 0.717) is 27.9 Å². The number of sulfonamides is 1. The fourth-order valence-corrected chi connectivity index (χ4v) is 6.96. The van der Waals surface area contributed by atoms with Crippen LogP contribution in [-0.2, 0) is 20.2 Å². The predicted molar refractivity (Wildman–Crippen MR) is 141 cm³/mol. The van der Waals surface area contributed by atoms with E-state index in [2.05, 4.69) is 9.71 Å². The number of allylic oxidation sites excluding steroid dienone is 4. The normalized spacial score (nSPS) is 22.9. The van der Waals surface area contributed by atoms with Crippen LogP contribution in [0.15, 0.2) is 77.2 Å². The molecule has 2 aromatic carbocycles. The number of benzene rings is 2. The SMILES string of the molecule is COc1ccc(C)cc1[C@]1(C(=O)NS(=O)(=O)c2cccc3nc(C)ccc23)C[C@@H]1C1CC=CC=C1C(F)(F)F. The van der Waals surface area contributed by atoms with Gasteiger partial charge in [0.05, 0.1) is 22.9 Å². The molecule has 0 spiro atoms. The largest absolute Gasteiger partial charge is 0.496 e. The fourth-order valence-electron chi connectivity index (χ4n) is 5.70. The molecular weight excluding hydrogens is 529 g/mol. The fraction of sp³-hybridized carbons (Fsp3) is 0.310. The molecule has 0 saturated heterocycles. The Balaban J connectivity index is 1.59. The number of pyridine rings is 1. The van der Waals surface area contributed by atoms with Gasteiger partial charge >= 0.3 is 6.18 Å². The van der Waals surface area contributed by atoms with Gasteiger partial charge in [-0.05, 0) is 68.9 Å². The summed E-state index contributed by atoms with van der Waals surface area (Å²) in [6.07, 6.45) is -0.439. The molecule has 6 nitrogen and oxygen atoms in total. The molecule has 10 heteroatoms. The molecule has 1 N–H and O–H groups in total. The molecule has 0 bridgehead atoms. The summed E-state index contributed by atoms with van der Waals surface area (Å²) in [7, 11) is -3.00. The van der Waals surface area contributed by atoms with Crippen molar-refractivity contribution in [3.05, 3.63) is 89.2 Å². The minimum Gasteiger partial charge on any atom is -0.496 e. The number of rotatable bonds is 6. The van der Waals surface area contributed by atoms with Crippen molar-refractivity contribution in [3.8, 4) is 5.75 Å². The quantitative estimate of drug-likeness (QED) is 0.422. The molecule has 204 valence electrons. The van der Waals surface area contributed by atoms with Gasteiger partial charge in [0, 0.05) is 22.2 Å². The zero-order chi connectivity index (χ0) is 28.2. The number of fused-ring (bicyclic) bond motifs is 1. The van der Waals surface area contributed by atoms with Gasteiger partial charge in [-0.15, -0.1) is 0 Å². The first kappa shape index (κ1) is 26.9. The van der Waals surface area contributed by atoms with Crippen molar-refractivity contribution in [1.82, 2.24) is 9.71 Å². The Morgan fingerprint density at radius 3 is 2.62 bits per heavy atom. The Kier molecular flexibility index (Phi) is 6.57. The summed E-state index contributed by atoms with van der Waals surface area (Å²) in [5, 5.41) is 0.331. The molecule has 1 heterocycles. The van der Waals surface area contributed by atoms with Gasteiger partial charge < -0.3 is 4.74 Å². The highest BCUT2D eigenvalue weighted by Crippen LogP contribution is 2.63. The lowest BCUT2D eigenvalue weighted by Gasteiger charge is -2.28. The highest BCUT2D eigenvalue weighted by atomic mass is 32.2. The second-order valence-electron chi connectivity index (χ2n) is 10.1. The number of nitrogens with one attached hydrogen (secondary N) is 1. The Morgan fingerprint density at radius 2 is 1.90 bits per heavy atom. The maximum Gasteiger partial charge on any atom is 0.412 e. The molecule has 3 aromatic rings. The third kappa shape index (κ3) is 4.71. The predicted octanol–water partition coefficient (Wildman–Crippen LogP) is 5.69. The number of hydrogen-bond acceptors (Lipinski definition) is 5. The lowest BCUT2D eigenvalue weighted by Crippen LogP contribution is -2.41. The van der Waals surface area contributed by atoms with E-state index in [-0.39, 0.29) is 17.7 Å². The summed E-state index contributed by atoms with van der Waals surface area (Å²) in [5.74, 6) is -2.38. The van der Waals surface area contributed by atoms with Crippen molar-refractivity contribution >= 4 is 26.8 Å². The molecule has 39 heavy (non-hydrogen) atoms. The Labute approximate surface area is 224 Å². The van der Waals surface area contributed by atoms with Crippen molar-refractivity contribution in [2.45, 2.75) is 43.2 Å². The van der Waals surface area contributed by atoms with E-state index < -0.39 is 44.9 Å². The number of methoxy groups -OCH3 is 1. The van der Waals surface area contributed by atoms with E-state index in [1.165, 1.54) is 25.3 Å². The smallest absolute Gasteiger partial charge is 0.412 e. The van der Waals surface area contributed by atoms with Gasteiger partial charge in [0.25, 0.3) is 10.0 Å². The van der Waals surface area contributed by atoms with Gasteiger partial charge in [-0.2, -0.15) is 13.2 Å². The number of nitrogens with zero attached hydrogens (tertiary/aromatic N) is 1. The number of carbonyl (C=O) groups is 1. The highest BCUT2D eigenvalue weighted by molar-refractivity contribution is 7.90. The van der Waals surface area contributed by atoms with Crippen LogP contribution in [0.5, 0.6) is 5.75 Å². The zero-order valence-corrected chi connectivity index (χ0v) is 22.4. The standard InChI is InChI=1S/C29H27F3N2O4S/c1-17-11-14-25(38-3)22(15-17)28(16-23(28)19-7-4-5-8-21(19)29(30,31)32)27(35)34-39(36,37)26-10-6-9-24-20(26)13-12-18(2)33-24/h4-6,8-15,19,23H,7,16H2,1-3H3,(H,34,35)/t19?,23-,28-/m1/s1. The van der Waals surface area contributed by atoms with Crippen molar-refractivity contribution in [1.29, 1.82) is 0 Å². The van der Waals surface area contributed by atoms with E-state index in [1.54, 1.807) is 56.3 Å². The second-order valence-corrected chi connectivity index (χ2v) is 11.7. The molecule has 0 radical (unpaired) electrons. The molecule has 2 aliphatic rings. The maximum absolute atomic E-state index is 14.0. The maximum atomic E-state index is 14.0. The highest BCUT2D eigenvalue weighted by Gasteiger charge is 2.66. The lowest BCUT2D eigenvalue weighted by atomic mass is 9.80. The number of alkyl halides is 3. The number of ether oxygens (including phenoxy) is 1. The van der Waals surface area contributed by atoms with Crippen molar-refractivity contribution in [2.24, 2.45) is 11.8 Å². The van der Waals surface area contributed by atoms with Crippen LogP contribution in [0.3, 0.4) is 0 Å². The van der Waals surface area contributed by atoms with E-state index >= 15 is 0 Å². The summed E-state index contributed by atoms with van der Waals surface area (Å²) in [6, 6.07) is 12.9. The van der Waals surface area contributed by atoms with Crippen molar-refractivity contribution < 1.29 is 31.1 Å². The van der Waals surface area contributed by atoms with Crippen LogP contribution < -0.4 is 9.46 Å². The number of aromatic nitrogens is 1. The van der Waals surface area contributed by atoms with E-state index in [1.807, 2.05) is 0 Å². The Hall–Kier alpha value is -3.66. The molecule has 1 unspecified atom stereocenters. The summed E-state index contributed by atoms with van der Waals surface area (Å²) in [5.41, 5.74) is 0.00571. The van der Waals surface area contributed by atoms with Gasteiger partial charge in [-0.3, -0.25) is 9.78 Å². The minimum absolute atomic E-state index is 0.0381. The summed E-state index contributed by atoms with van der Waals surface area (Å²) >= 11 is 0. The minimum atomic E-state index is -4.59. The van der Waals surface area contributed by atoms with Gasteiger partial charge in [0.15, 0.2) is 0 Å². The first-order chi connectivity index (χ1) is 18.4. The van der Waals surface area contributed by atoms with Gasteiger partial charge in [0.2, 0.25) is 5.91 Å². The van der Waals surface area contributed by atoms with Crippen LogP contribution in [0.4, 0.5) is 13.2 Å². The Morgan fingerprint density at radius 1 is 1.13 bits per heavy atom. The number of amides is 1. The van der Waals surface area contributed by atoms with Crippen LogP contribution in [0, 0.1) is 25.7 Å². The van der Waals surface area contributed by atoms with Crippen LogP contribution >= 0.6 is 0 Å². The number of hydrogen-bond donors (Lipinski definition) is 1. The van der Waals surface area contributed by atoms with Gasteiger partial charge in [0.1, 0.15) is 5.75 Å². The van der Waals surface area contributed by atoms with E-state index in [9.17, 15) is 26.4 Å². The van der Waals surface area contributed by atoms with Crippen LogP contribution in [-0.4, -0.2) is 32.6 Å². The molecule has 2 aliphatic carbocycles. The third-order valence-electron chi connectivity index (χ3n) is 7.62. The summed E-state index contributed by atoms with van der Waals surface area (Å²) in [6.45, 7) is 3.57. The zero-order valence-electron chi connectivity index (χ0n) is 21.5. The van der Waals surface area contributed by atoms with Crippen molar-refractivity contribution in [3.63, 3.8) is 0 Å². The monoisotopic (exact) mass is 556 g/mol. The van der Waals surface area contributed by atoms with Gasteiger partial charge in [-0.25, -0.2) is 13.1 Å². The topological polar surface area (TPSA) is 85.4 Å². The molecule has 1 fully saturated rings.